The summed E-state index contributed by atoms with van der Waals surface area (Å²) < 4.78 is 5.38. The summed E-state index contributed by atoms with van der Waals surface area (Å²) in [4.78, 5) is 11.6. The van der Waals surface area contributed by atoms with Crippen LogP contribution < -0.4 is 11.1 Å². The highest BCUT2D eigenvalue weighted by molar-refractivity contribution is 5.83. The van der Waals surface area contributed by atoms with Crippen molar-refractivity contribution in [1.82, 2.24) is 5.32 Å². The molecule has 3 N–H and O–H groups in total. The van der Waals surface area contributed by atoms with E-state index in [0.717, 1.165) is 51.9 Å². The van der Waals surface area contributed by atoms with Gasteiger partial charge in [0, 0.05) is 19.0 Å². The first-order valence-corrected chi connectivity index (χ1v) is 6.83. The van der Waals surface area contributed by atoms with Gasteiger partial charge in [0.2, 0.25) is 0 Å². The third-order valence-electron chi connectivity index (χ3n) is 3.26. The second-order valence-corrected chi connectivity index (χ2v) is 4.83. The van der Waals surface area contributed by atoms with Crippen LogP contribution in [0.15, 0.2) is 0 Å². The number of hydrogen-bond donors (Lipinski definition) is 2. The van der Waals surface area contributed by atoms with Crippen molar-refractivity contribution in [3.63, 3.8) is 0 Å². The van der Waals surface area contributed by atoms with Crippen molar-refractivity contribution in [1.29, 1.82) is 0 Å². The minimum atomic E-state index is -0.258. The van der Waals surface area contributed by atoms with E-state index in [1.807, 2.05) is 0 Å². The standard InChI is InChI=1S/C13H26N2O2/c1-2-3-7-13(16)12(14)6-4-5-11-10-17-9-8-15-11/h11-12,15H,2-10,14H2,1H3. The predicted octanol–water partition coefficient (Wildman–Crippen LogP) is 1.23. The number of hydrogen-bond acceptors (Lipinski definition) is 4. The molecule has 0 spiro atoms. The molecule has 4 nitrogen and oxygen atoms in total. The number of ether oxygens (including phenoxy) is 1. The van der Waals surface area contributed by atoms with Crippen LogP contribution in [0.25, 0.3) is 0 Å². The van der Waals surface area contributed by atoms with Crippen LogP contribution in [0, 0.1) is 0 Å². The number of nitrogens with two attached hydrogens (primary N) is 1. The van der Waals surface area contributed by atoms with Crippen molar-refractivity contribution in [3.8, 4) is 0 Å². The molecule has 0 amide bonds. The van der Waals surface area contributed by atoms with Crippen LogP contribution in [0.5, 0.6) is 0 Å². The summed E-state index contributed by atoms with van der Waals surface area (Å²) in [5.41, 5.74) is 5.87. The number of ketones is 1. The first kappa shape index (κ1) is 14.6. The molecule has 0 aromatic carbocycles. The average molecular weight is 242 g/mol. The van der Waals surface area contributed by atoms with E-state index in [9.17, 15) is 4.79 Å². The lowest BCUT2D eigenvalue weighted by molar-refractivity contribution is -0.120. The first-order valence-electron chi connectivity index (χ1n) is 6.83. The fourth-order valence-electron chi connectivity index (χ4n) is 2.09. The van der Waals surface area contributed by atoms with Crippen molar-refractivity contribution >= 4 is 5.78 Å². The van der Waals surface area contributed by atoms with E-state index in [4.69, 9.17) is 10.5 Å². The minimum Gasteiger partial charge on any atom is -0.379 e. The van der Waals surface area contributed by atoms with Crippen molar-refractivity contribution in [3.05, 3.63) is 0 Å². The van der Waals surface area contributed by atoms with Gasteiger partial charge in [-0.2, -0.15) is 0 Å². The minimum absolute atomic E-state index is 0.222. The van der Waals surface area contributed by atoms with E-state index in [2.05, 4.69) is 12.2 Å². The fourth-order valence-corrected chi connectivity index (χ4v) is 2.09. The Morgan fingerprint density at radius 3 is 3.00 bits per heavy atom. The molecule has 2 atom stereocenters. The highest BCUT2D eigenvalue weighted by Gasteiger charge is 2.15. The van der Waals surface area contributed by atoms with Crippen molar-refractivity contribution in [2.24, 2.45) is 5.73 Å². The molecule has 1 saturated heterocycles. The van der Waals surface area contributed by atoms with Gasteiger partial charge in [0.1, 0.15) is 5.78 Å². The summed E-state index contributed by atoms with van der Waals surface area (Å²) in [5, 5.41) is 3.41. The molecule has 1 rings (SSSR count). The Hall–Kier alpha value is -0.450. The molecule has 4 heteroatoms. The predicted molar refractivity (Wildman–Crippen MR) is 69.0 cm³/mol. The summed E-state index contributed by atoms with van der Waals surface area (Å²) in [6.07, 6.45) is 5.52. The molecule has 0 aromatic rings. The molecular weight excluding hydrogens is 216 g/mol. The van der Waals surface area contributed by atoms with Gasteiger partial charge < -0.3 is 15.8 Å². The van der Waals surface area contributed by atoms with Gasteiger partial charge >= 0.3 is 0 Å². The van der Waals surface area contributed by atoms with Crippen LogP contribution in [0.2, 0.25) is 0 Å². The lowest BCUT2D eigenvalue weighted by atomic mass is 10.0. The maximum atomic E-state index is 11.6. The van der Waals surface area contributed by atoms with Gasteiger partial charge in [0.05, 0.1) is 19.3 Å². The van der Waals surface area contributed by atoms with Gasteiger partial charge in [-0.25, -0.2) is 0 Å². The molecule has 1 fully saturated rings. The Balaban J connectivity index is 2.06. The van der Waals surface area contributed by atoms with E-state index in [0.29, 0.717) is 12.5 Å². The number of carbonyl (C=O) groups is 1. The molecule has 0 aliphatic carbocycles. The number of rotatable bonds is 8. The average Bonchev–Trinajstić information content (AvgIpc) is 2.37. The molecule has 17 heavy (non-hydrogen) atoms. The number of carbonyl (C=O) groups excluding carboxylic acids is 1. The van der Waals surface area contributed by atoms with Crippen molar-refractivity contribution < 1.29 is 9.53 Å². The van der Waals surface area contributed by atoms with Gasteiger partial charge in [0.25, 0.3) is 0 Å². The molecule has 0 saturated carbocycles. The zero-order chi connectivity index (χ0) is 12.5. The SMILES string of the molecule is CCCCC(=O)C(N)CCCC1COCCN1. The molecule has 1 aliphatic heterocycles. The molecule has 0 bridgehead atoms. The summed E-state index contributed by atoms with van der Waals surface area (Å²) in [7, 11) is 0. The van der Waals surface area contributed by atoms with Crippen LogP contribution in [0.4, 0.5) is 0 Å². The van der Waals surface area contributed by atoms with E-state index < -0.39 is 0 Å². The maximum Gasteiger partial charge on any atom is 0.149 e. The Labute approximate surface area is 104 Å². The zero-order valence-electron chi connectivity index (χ0n) is 10.9. The van der Waals surface area contributed by atoms with E-state index in [1.54, 1.807) is 0 Å². The second kappa shape index (κ2) is 8.61. The normalized spacial score (nSPS) is 22.4. The van der Waals surface area contributed by atoms with Crippen LogP contribution in [-0.2, 0) is 9.53 Å². The monoisotopic (exact) mass is 242 g/mol. The van der Waals surface area contributed by atoms with Gasteiger partial charge in [-0.15, -0.1) is 0 Å². The third kappa shape index (κ3) is 6.15. The molecule has 1 aliphatic rings. The molecule has 2 unspecified atom stereocenters. The Morgan fingerprint density at radius 1 is 1.53 bits per heavy atom. The number of morpholine rings is 1. The molecule has 1 heterocycles. The smallest absolute Gasteiger partial charge is 0.149 e. The summed E-state index contributed by atoms with van der Waals surface area (Å²) in [5.74, 6) is 0.222. The fraction of sp³-hybridized carbons (Fsp3) is 0.923. The van der Waals surface area contributed by atoms with E-state index in [-0.39, 0.29) is 11.8 Å². The third-order valence-corrected chi connectivity index (χ3v) is 3.26. The summed E-state index contributed by atoms with van der Waals surface area (Å²) in [6.45, 7) is 4.63. The summed E-state index contributed by atoms with van der Waals surface area (Å²) >= 11 is 0. The van der Waals surface area contributed by atoms with Crippen molar-refractivity contribution in [2.45, 2.75) is 57.5 Å². The lowest BCUT2D eigenvalue weighted by Crippen LogP contribution is -2.41. The van der Waals surface area contributed by atoms with Gasteiger partial charge in [0.15, 0.2) is 0 Å². The van der Waals surface area contributed by atoms with Crippen molar-refractivity contribution in [2.75, 3.05) is 19.8 Å². The van der Waals surface area contributed by atoms with Crippen LogP contribution >= 0.6 is 0 Å². The van der Waals surface area contributed by atoms with E-state index >= 15 is 0 Å². The Kier molecular flexibility index (Phi) is 7.40. The number of unbranched alkanes of at least 4 members (excludes halogenated alkanes) is 1. The molecule has 0 radical (unpaired) electrons. The first-order chi connectivity index (χ1) is 8.24. The highest BCUT2D eigenvalue weighted by atomic mass is 16.5. The topological polar surface area (TPSA) is 64.4 Å². The second-order valence-electron chi connectivity index (χ2n) is 4.83. The number of Topliss-reactive ketones (excluding diaryl/α,β-unsaturated/α-hetero) is 1. The quantitative estimate of drug-likeness (QED) is 0.672. The maximum absolute atomic E-state index is 11.6. The zero-order valence-corrected chi connectivity index (χ0v) is 10.9. The molecule has 0 aromatic heterocycles. The van der Waals surface area contributed by atoms with Gasteiger partial charge in [-0.05, 0) is 25.7 Å². The van der Waals surface area contributed by atoms with Gasteiger partial charge in [-0.3, -0.25) is 4.79 Å². The largest absolute Gasteiger partial charge is 0.379 e. The number of nitrogens with one attached hydrogen (secondary N) is 1. The Morgan fingerprint density at radius 2 is 2.35 bits per heavy atom. The molecule has 100 valence electrons. The van der Waals surface area contributed by atoms with Crippen LogP contribution in [0.1, 0.15) is 45.4 Å². The Bertz CT molecular complexity index is 215. The lowest BCUT2D eigenvalue weighted by Gasteiger charge is -2.24. The summed E-state index contributed by atoms with van der Waals surface area (Å²) in [6, 6.07) is 0.188. The molecular formula is C13H26N2O2. The van der Waals surface area contributed by atoms with Crippen LogP contribution in [0.3, 0.4) is 0 Å². The van der Waals surface area contributed by atoms with Gasteiger partial charge in [-0.1, -0.05) is 13.3 Å². The highest BCUT2D eigenvalue weighted by Crippen LogP contribution is 2.08. The van der Waals surface area contributed by atoms with Crippen LogP contribution in [-0.4, -0.2) is 37.6 Å². The van der Waals surface area contributed by atoms with E-state index in [1.165, 1.54) is 0 Å².